The van der Waals surface area contributed by atoms with Crippen LogP contribution in [0.5, 0.6) is 23.0 Å². The van der Waals surface area contributed by atoms with Crippen molar-refractivity contribution in [1.29, 1.82) is 0 Å². The SMILES string of the molecule is CC(=O)c1cc(Br)ccc1O.COc1cccc(C2CC(=O)c3cc(Br)ccc3O2)c1.COc1cccc(C=O)c1. The van der Waals surface area contributed by atoms with E-state index in [0.717, 1.165) is 26.5 Å². The maximum atomic E-state index is 12.2. The molecule has 1 unspecified atom stereocenters. The molecular weight excluding hydrogens is 656 g/mol. The van der Waals surface area contributed by atoms with Gasteiger partial charge in [-0.1, -0.05) is 56.1 Å². The third kappa shape index (κ3) is 9.03. The van der Waals surface area contributed by atoms with Gasteiger partial charge in [0, 0.05) is 14.5 Å². The summed E-state index contributed by atoms with van der Waals surface area (Å²) < 4.78 is 17.7. The van der Waals surface area contributed by atoms with E-state index in [1.54, 1.807) is 56.7 Å². The molecule has 0 saturated carbocycles. The minimum Gasteiger partial charge on any atom is -0.507 e. The number of methoxy groups -OCH3 is 2. The number of ketones is 2. The van der Waals surface area contributed by atoms with Gasteiger partial charge in [0.05, 0.1) is 31.8 Å². The summed E-state index contributed by atoms with van der Waals surface area (Å²) in [5.41, 5.74) is 2.57. The molecule has 0 aromatic heterocycles. The van der Waals surface area contributed by atoms with E-state index in [4.69, 9.17) is 19.3 Å². The fourth-order valence-electron chi connectivity index (χ4n) is 3.83. The summed E-state index contributed by atoms with van der Waals surface area (Å²) in [5.74, 6) is 2.10. The van der Waals surface area contributed by atoms with Crippen LogP contribution in [0.25, 0.3) is 0 Å². The van der Waals surface area contributed by atoms with Crippen LogP contribution in [-0.2, 0) is 0 Å². The van der Waals surface area contributed by atoms with Crippen molar-refractivity contribution in [1.82, 2.24) is 0 Å². The zero-order chi connectivity index (χ0) is 29.9. The normalized spacial score (nSPS) is 13.2. The summed E-state index contributed by atoms with van der Waals surface area (Å²) in [5, 5.41) is 9.16. The van der Waals surface area contributed by atoms with E-state index in [9.17, 15) is 14.4 Å². The second-order valence-corrected chi connectivity index (χ2v) is 10.6. The molecule has 0 fully saturated rings. The number of ether oxygens (including phenoxy) is 3. The Bertz CT molecular complexity index is 1530. The molecule has 0 amide bonds. The predicted octanol–water partition coefficient (Wildman–Crippen LogP) is 8.03. The number of fused-ring (bicyclic) bond motifs is 1. The molecule has 1 aliphatic rings. The summed E-state index contributed by atoms with van der Waals surface area (Å²) in [4.78, 5) is 33.3. The maximum Gasteiger partial charge on any atom is 0.170 e. The Hall–Kier alpha value is -3.95. The van der Waals surface area contributed by atoms with Gasteiger partial charge in [-0.2, -0.15) is 0 Å². The number of aldehydes is 1. The topological polar surface area (TPSA) is 99.1 Å². The average molecular weight is 684 g/mol. The van der Waals surface area contributed by atoms with Crippen molar-refractivity contribution in [3.63, 3.8) is 0 Å². The molecule has 5 rings (SSSR count). The molecule has 0 spiro atoms. The molecule has 212 valence electrons. The number of benzene rings is 4. The maximum absolute atomic E-state index is 12.2. The van der Waals surface area contributed by atoms with Gasteiger partial charge in [-0.3, -0.25) is 14.4 Å². The Morgan fingerprint density at radius 2 is 1.54 bits per heavy atom. The van der Waals surface area contributed by atoms with Crippen LogP contribution in [0, 0.1) is 0 Å². The molecule has 4 aromatic carbocycles. The van der Waals surface area contributed by atoms with Gasteiger partial charge in [0.1, 0.15) is 35.4 Å². The molecule has 1 aliphatic heterocycles. The Kier molecular flexibility index (Phi) is 11.7. The van der Waals surface area contributed by atoms with E-state index < -0.39 is 0 Å². The molecule has 0 saturated heterocycles. The van der Waals surface area contributed by atoms with Crippen molar-refractivity contribution in [2.45, 2.75) is 19.4 Å². The quantitative estimate of drug-likeness (QED) is 0.168. The molecule has 4 aromatic rings. The van der Waals surface area contributed by atoms with Crippen LogP contribution in [0.15, 0.2) is 93.9 Å². The lowest BCUT2D eigenvalue weighted by Crippen LogP contribution is -2.20. The van der Waals surface area contributed by atoms with Gasteiger partial charge in [0.25, 0.3) is 0 Å². The first-order valence-electron chi connectivity index (χ1n) is 12.4. The number of rotatable bonds is 5. The fraction of sp³-hybridized carbons (Fsp3) is 0.156. The highest BCUT2D eigenvalue weighted by atomic mass is 79.9. The second-order valence-electron chi connectivity index (χ2n) is 8.76. The monoisotopic (exact) mass is 682 g/mol. The molecule has 7 nitrogen and oxygen atoms in total. The van der Waals surface area contributed by atoms with E-state index in [0.29, 0.717) is 34.6 Å². The summed E-state index contributed by atoms with van der Waals surface area (Å²) in [7, 11) is 3.20. The number of phenols is 1. The number of carbonyl (C=O) groups is 3. The highest BCUT2D eigenvalue weighted by Gasteiger charge is 2.28. The molecular formula is C32H28Br2O7. The van der Waals surface area contributed by atoms with Crippen molar-refractivity contribution in [2.75, 3.05) is 14.2 Å². The lowest BCUT2D eigenvalue weighted by molar-refractivity contribution is 0.0849. The van der Waals surface area contributed by atoms with Gasteiger partial charge in [-0.05, 0) is 73.2 Å². The van der Waals surface area contributed by atoms with E-state index >= 15 is 0 Å². The van der Waals surface area contributed by atoms with Crippen LogP contribution in [0.1, 0.15) is 56.1 Å². The van der Waals surface area contributed by atoms with Gasteiger partial charge in [-0.25, -0.2) is 0 Å². The highest BCUT2D eigenvalue weighted by molar-refractivity contribution is 9.10. The van der Waals surface area contributed by atoms with E-state index in [1.165, 1.54) is 13.0 Å². The van der Waals surface area contributed by atoms with Crippen LogP contribution >= 0.6 is 31.9 Å². The smallest absolute Gasteiger partial charge is 0.170 e. The molecule has 0 bridgehead atoms. The van der Waals surface area contributed by atoms with E-state index in [2.05, 4.69) is 31.9 Å². The van der Waals surface area contributed by atoms with Crippen molar-refractivity contribution < 1.29 is 33.7 Å². The number of halogens is 2. The van der Waals surface area contributed by atoms with E-state index in [1.807, 2.05) is 36.4 Å². The van der Waals surface area contributed by atoms with Crippen molar-refractivity contribution >= 4 is 49.7 Å². The third-order valence-electron chi connectivity index (χ3n) is 5.92. The van der Waals surface area contributed by atoms with E-state index in [-0.39, 0.29) is 23.4 Å². The Morgan fingerprint density at radius 1 is 0.902 bits per heavy atom. The fourth-order valence-corrected chi connectivity index (χ4v) is 4.55. The summed E-state index contributed by atoms with van der Waals surface area (Å²) in [6.45, 7) is 1.42. The number of hydrogen-bond donors (Lipinski definition) is 1. The zero-order valence-corrected chi connectivity index (χ0v) is 25.8. The molecule has 1 heterocycles. The highest BCUT2D eigenvalue weighted by Crippen LogP contribution is 2.37. The summed E-state index contributed by atoms with van der Waals surface area (Å²) in [6, 6.07) is 24.9. The van der Waals surface area contributed by atoms with Crippen LogP contribution in [-0.4, -0.2) is 37.2 Å². The lowest BCUT2D eigenvalue weighted by Gasteiger charge is -2.25. The minimum absolute atomic E-state index is 0.0284. The molecule has 1 atom stereocenters. The number of hydrogen-bond acceptors (Lipinski definition) is 7. The Balaban J connectivity index is 0.000000187. The second kappa shape index (κ2) is 15.2. The largest absolute Gasteiger partial charge is 0.507 e. The first kappa shape index (κ1) is 31.6. The van der Waals surface area contributed by atoms with Gasteiger partial charge >= 0.3 is 0 Å². The van der Waals surface area contributed by atoms with Gasteiger partial charge in [0.15, 0.2) is 11.6 Å². The first-order chi connectivity index (χ1) is 19.6. The van der Waals surface area contributed by atoms with Crippen LogP contribution in [0.2, 0.25) is 0 Å². The minimum atomic E-state index is -0.258. The third-order valence-corrected chi connectivity index (χ3v) is 6.90. The molecule has 1 N–H and O–H groups in total. The number of Topliss-reactive ketones (excluding diaryl/α,β-unsaturated/α-hetero) is 2. The number of phenolic OH excluding ortho intramolecular Hbond substituents is 1. The predicted molar refractivity (Wildman–Crippen MR) is 164 cm³/mol. The average Bonchev–Trinajstić information content (AvgIpc) is 2.99. The molecule has 41 heavy (non-hydrogen) atoms. The zero-order valence-electron chi connectivity index (χ0n) is 22.6. The standard InChI is InChI=1S/C16H13BrO3.C8H7BrO2.C8H8O2/c1-19-12-4-2-3-10(7-12)16-9-14(18)13-8-11(17)5-6-15(13)20-16;1-5(10)7-4-6(9)2-3-8(7)11;1-10-8-4-2-3-7(5-8)6-9/h2-8,16H,9H2,1H3;2-4,11H,1H3;2-6H,1H3. The van der Waals surface area contributed by atoms with Crippen LogP contribution < -0.4 is 14.2 Å². The van der Waals surface area contributed by atoms with Crippen molar-refractivity contribution in [3.05, 3.63) is 116 Å². The number of carbonyl (C=O) groups excluding carboxylic acids is 3. The van der Waals surface area contributed by atoms with Gasteiger partial charge < -0.3 is 19.3 Å². The Labute approximate surface area is 255 Å². The first-order valence-corrected chi connectivity index (χ1v) is 14.0. The van der Waals surface area contributed by atoms with Crippen molar-refractivity contribution in [2.24, 2.45) is 0 Å². The molecule has 0 radical (unpaired) electrons. The van der Waals surface area contributed by atoms with Gasteiger partial charge in [0.2, 0.25) is 0 Å². The molecule has 0 aliphatic carbocycles. The number of aromatic hydroxyl groups is 1. The van der Waals surface area contributed by atoms with Crippen LogP contribution in [0.3, 0.4) is 0 Å². The summed E-state index contributed by atoms with van der Waals surface area (Å²) >= 11 is 6.57. The molecule has 9 heteroatoms. The van der Waals surface area contributed by atoms with Crippen LogP contribution in [0.4, 0.5) is 0 Å². The van der Waals surface area contributed by atoms with Crippen molar-refractivity contribution in [3.8, 4) is 23.0 Å². The van der Waals surface area contributed by atoms with Gasteiger partial charge in [-0.15, -0.1) is 0 Å². The lowest BCUT2D eigenvalue weighted by atomic mass is 9.96. The Morgan fingerprint density at radius 3 is 2.17 bits per heavy atom. The summed E-state index contributed by atoms with van der Waals surface area (Å²) in [6.07, 6.45) is 0.880.